The van der Waals surface area contributed by atoms with Gasteiger partial charge in [-0.25, -0.2) is 4.79 Å². The number of hydrogen-bond donors (Lipinski definition) is 2. The number of amides is 1. The van der Waals surface area contributed by atoms with Crippen LogP contribution in [0.4, 0.5) is 11.5 Å². The van der Waals surface area contributed by atoms with Gasteiger partial charge in [-0.05, 0) is 25.0 Å². The molecule has 140 valence electrons. The van der Waals surface area contributed by atoms with Crippen LogP contribution in [0.15, 0.2) is 34.0 Å². The normalized spacial score (nSPS) is 10.7. The molecule has 0 saturated heterocycles. The molecule has 0 aliphatic rings. The van der Waals surface area contributed by atoms with Crippen LogP contribution in [0.25, 0.3) is 0 Å². The van der Waals surface area contributed by atoms with Crippen LogP contribution in [-0.2, 0) is 6.54 Å². The SMILES string of the molecule is CCCCN(C(=O)c1ccccn1)c1c(N)n(CCCC)c(=O)[nH]c1=O. The van der Waals surface area contributed by atoms with E-state index in [4.69, 9.17) is 5.73 Å². The van der Waals surface area contributed by atoms with E-state index < -0.39 is 17.2 Å². The maximum atomic E-state index is 12.9. The Labute approximate surface area is 151 Å². The number of H-pyrrole nitrogens is 1. The summed E-state index contributed by atoms with van der Waals surface area (Å²) in [4.78, 5) is 45.2. The standard InChI is InChI=1S/C18H25N5O3/c1-3-5-11-22(17(25)13-9-7-8-10-20-13)14-15(19)23(12-6-4-2)18(26)21-16(14)24/h7-10H,3-6,11-12,19H2,1-2H3,(H,21,24,26). The smallest absolute Gasteiger partial charge is 0.330 e. The van der Waals surface area contributed by atoms with E-state index in [2.05, 4.69) is 9.97 Å². The first-order valence-corrected chi connectivity index (χ1v) is 8.86. The Morgan fingerprint density at radius 2 is 1.96 bits per heavy atom. The Morgan fingerprint density at radius 1 is 1.23 bits per heavy atom. The highest BCUT2D eigenvalue weighted by atomic mass is 16.2. The van der Waals surface area contributed by atoms with E-state index in [1.807, 2.05) is 13.8 Å². The molecule has 26 heavy (non-hydrogen) atoms. The van der Waals surface area contributed by atoms with Crippen LogP contribution in [0.3, 0.4) is 0 Å². The third-order valence-electron chi connectivity index (χ3n) is 4.08. The first-order valence-electron chi connectivity index (χ1n) is 8.86. The molecule has 8 heteroatoms. The molecular formula is C18H25N5O3. The Balaban J connectivity index is 2.56. The molecule has 0 unspecified atom stereocenters. The molecule has 2 heterocycles. The van der Waals surface area contributed by atoms with Crippen LogP contribution >= 0.6 is 0 Å². The monoisotopic (exact) mass is 359 g/mol. The lowest BCUT2D eigenvalue weighted by Crippen LogP contribution is -2.42. The zero-order valence-electron chi connectivity index (χ0n) is 15.2. The quantitative estimate of drug-likeness (QED) is 0.745. The molecule has 3 N–H and O–H groups in total. The van der Waals surface area contributed by atoms with Gasteiger partial charge in [0.15, 0.2) is 5.69 Å². The van der Waals surface area contributed by atoms with Crippen LogP contribution in [0.1, 0.15) is 50.0 Å². The van der Waals surface area contributed by atoms with Crippen LogP contribution in [0.5, 0.6) is 0 Å². The van der Waals surface area contributed by atoms with Crippen molar-refractivity contribution in [3.63, 3.8) is 0 Å². The number of aromatic nitrogens is 3. The topological polar surface area (TPSA) is 114 Å². The summed E-state index contributed by atoms with van der Waals surface area (Å²) in [6.45, 7) is 4.67. The van der Waals surface area contributed by atoms with E-state index in [9.17, 15) is 14.4 Å². The summed E-state index contributed by atoms with van der Waals surface area (Å²) in [5.41, 5.74) is 5.13. The van der Waals surface area contributed by atoms with Crippen molar-refractivity contribution in [2.45, 2.75) is 46.1 Å². The van der Waals surface area contributed by atoms with Gasteiger partial charge in [0.05, 0.1) is 0 Å². The van der Waals surface area contributed by atoms with Crippen molar-refractivity contribution >= 4 is 17.4 Å². The number of rotatable bonds is 8. The second-order valence-electron chi connectivity index (χ2n) is 6.02. The largest absolute Gasteiger partial charge is 0.383 e. The van der Waals surface area contributed by atoms with Gasteiger partial charge in [0.25, 0.3) is 11.5 Å². The van der Waals surface area contributed by atoms with Gasteiger partial charge in [-0.3, -0.25) is 29.0 Å². The lowest BCUT2D eigenvalue weighted by atomic mass is 10.2. The molecule has 2 rings (SSSR count). The van der Waals surface area contributed by atoms with Gasteiger partial charge in [-0.1, -0.05) is 32.8 Å². The molecule has 0 bridgehead atoms. The predicted molar refractivity (Wildman–Crippen MR) is 101 cm³/mol. The van der Waals surface area contributed by atoms with Gasteiger partial charge in [-0.15, -0.1) is 0 Å². The highest BCUT2D eigenvalue weighted by molar-refractivity contribution is 6.05. The first-order chi connectivity index (χ1) is 12.5. The lowest BCUT2D eigenvalue weighted by molar-refractivity contribution is 0.0981. The van der Waals surface area contributed by atoms with Crippen LogP contribution in [0, 0.1) is 0 Å². The van der Waals surface area contributed by atoms with Gasteiger partial charge in [-0.2, -0.15) is 0 Å². The number of aromatic amines is 1. The third kappa shape index (κ3) is 4.19. The van der Waals surface area contributed by atoms with E-state index in [-0.39, 0.29) is 17.2 Å². The van der Waals surface area contributed by atoms with Crippen molar-refractivity contribution in [1.82, 2.24) is 14.5 Å². The molecule has 0 radical (unpaired) electrons. The number of nitrogens with one attached hydrogen (secondary N) is 1. The van der Waals surface area contributed by atoms with Crippen LogP contribution in [0.2, 0.25) is 0 Å². The molecule has 0 spiro atoms. The molecule has 0 saturated carbocycles. The third-order valence-corrected chi connectivity index (χ3v) is 4.08. The number of carbonyl (C=O) groups excluding carboxylic acids is 1. The Kier molecular flexibility index (Phi) is 6.71. The van der Waals surface area contributed by atoms with Crippen molar-refractivity contribution in [3.8, 4) is 0 Å². The number of pyridine rings is 1. The van der Waals surface area contributed by atoms with Crippen molar-refractivity contribution in [1.29, 1.82) is 0 Å². The van der Waals surface area contributed by atoms with Gasteiger partial charge in [0.2, 0.25) is 0 Å². The lowest BCUT2D eigenvalue weighted by Gasteiger charge is -2.24. The second kappa shape index (κ2) is 8.98. The molecule has 2 aromatic rings. The maximum Gasteiger partial charge on any atom is 0.330 e. The minimum atomic E-state index is -0.666. The molecule has 1 amide bonds. The van der Waals surface area contributed by atoms with E-state index >= 15 is 0 Å². The minimum Gasteiger partial charge on any atom is -0.383 e. The van der Waals surface area contributed by atoms with E-state index in [0.717, 1.165) is 19.3 Å². The van der Waals surface area contributed by atoms with Crippen molar-refractivity contribution in [2.24, 2.45) is 0 Å². The van der Waals surface area contributed by atoms with Crippen LogP contribution < -0.4 is 21.9 Å². The molecule has 0 aliphatic carbocycles. The summed E-state index contributed by atoms with van der Waals surface area (Å²) in [6.07, 6.45) is 4.64. The molecular weight excluding hydrogens is 334 g/mol. The van der Waals surface area contributed by atoms with Crippen molar-refractivity contribution in [3.05, 3.63) is 50.9 Å². The minimum absolute atomic E-state index is 0.00445. The van der Waals surface area contributed by atoms with Crippen LogP contribution in [-0.4, -0.2) is 27.0 Å². The van der Waals surface area contributed by atoms with Gasteiger partial charge >= 0.3 is 5.69 Å². The van der Waals surface area contributed by atoms with Gasteiger partial charge < -0.3 is 5.73 Å². The van der Waals surface area contributed by atoms with E-state index in [0.29, 0.717) is 19.5 Å². The summed E-state index contributed by atoms with van der Waals surface area (Å²) < 4.78 is 1.31. The predicted octanol–water partition coefficient (Wildman–Crippen LogP) is 1.76. The summed E-state index contributed by atoms with van der Waals surface area (Å²) in [7, 11) is 0. The highest BCUT2D eigenvalue weighted by Gasteiger charge is 2.25. The number of nitrogen functional groups attached to an aromatic ring is 1. The highest BCUT2D eigenvalue weighted by Crippen LogP contribution is 2.20. The molecule has 0 aliphatic heterocycles. The van der Waals surface area contributed by atoms with E-state index in [1.165, 1.54) is 15.7 Å². The van der Waals surface area contributed by atoms with Gasteiger partial charge in [0.1, 0.15) is 11.5 Å². The van der Waals surface area contributed by atoms with Crippen molar-refractivity contribution in [2.75, 3.05) is 17.2 Å². The maximum absolute atomic E-state index is 12.9. The first kappa shape index (κ1) is 19.4. The molecule has 0 aromatic carbocycles. The zero-order chi connectivity index (χ0) is 19.1. The Hall–Kier alpha value is -2.90. The van der Waals surface area contributed by atoms with E-state index in [1.54, 1.807) is 18.2 Å². The molecule has 2 aromatic heterocycles. The molecule has 8 nitrogen and oxygen atoms in total. The fourth-order valence-corrected chi connectivity index (χ4v) is 2.64. The van der Waals surface area contributed by atoms with Crippen molar-refractivity contribution < 1.29 is 4.79 Å². The zero-order valence-corrected chi connectivity index (χ0v) is 15.2. The Morgan fingerprint density at radius 3 is 2.58 bits per heavy atom. The fraction of sp³-hybridized carbons (Fsp3) is 0.444. The number of nitrogens with zero attached hydrogens (tertiary/aromatic N) is 3. The summed E-state index contributed by atoms with van der Waals surface area (Å²) >= 11 is 0. The number of nitrogens with two attached hydrogens (primary N) is 1. The Bertz CT molecular complexity index is 857. The second-order valence-corrected chi connectivity index (χ2v) is 6.02. The average Bonchev–Trinajstić information content (AvgIpc) is 2.64. The summed E-state index contributed by atoms with van der Waals surface area (Å²) in [5.74, 6) is -0.412. The number of anilines is 2. The summed E-state index contributed by atoms with van der Waals surface area (Å²) in [5, 5.41) is 0. The number of unbranched alkanes of at least 4 members (excludes halogenated alkanes) is 2. The van der Waals surface area contributed by atoms with Gasteiger partial charge in [0, 0.05) is 19.3 Å². The number of carbonyl (C=O) groups is 1. The number of hydrogen-bond acceptors (Lipinski definition) is 5. The molecule has 0 atom stereocenters. The average molecular weight is 359 g/mol. The fourth-order valence-electron chi connectivity index (χ4n) is 2.64. The summed E-state index contributed by atoms with van der Waals surface area (Å²) in [6, 6.07) is 4.99. The molecule has 0 fully saturated rings.